The maximum absolute atomic E-state index is 9.30. The van der Waals surface area contributed by atoms with E-state index < -0.39 is 6.10 Å². The van der Waals surface area contributed by atoms with E-state index in [1.54, 1.807) is 0 Å². The molecular weight excluding hydrogens is 216 g/mol. The third-order valence-corrected chi connectivity index (χ3v) is 2.42. The Labute approximate surface area is 91.9 Å². The summed E-state index contributed by atoms with van der Waals surface area (Å²) >= 11 is 5.49. The van der Waals surface area contributed by atoms with Crippen molar-refractivity contribution in [3.63, 3.8) is 0 Å². The lowest BCUT2D eigenvalue weighted by atomic mass is 10.2. The van der Waals surface area contributed by atoms with Gasteiger partial charge < -0.3 is 14.8 Å². The highest BCUT2D eigenvalue weighted by Crippen LogP contribution is 2.21. The average molecular weight is 227 g/mol. The number of alkyl halides is 1. The van der Waals surface area contributed by atoms with Gasteiger partial charge in [-0.3, -0.25) is 0 Å². The van der Waals surface area contributed by atoms with Gasteiger partial charge in [0, 0.05) is 6.54 Å². The number of anilines is 1. The Balaban J connectivity index is 2.17. The first-order chi connectivity index (χ1) is 7.31. The van der Waals surface area contributed by atoms with E-state index in [0.29, 0.717) is 6.54 Å². The Morgan fingerprint density at radius 2 is 2.40 bits per heavy atom. The predicted octanol–water partition coefficient (Wildman–Crippen LogP) is 1.84. The fourth-order valence-electron chi connectivity index (χ4n) is 1.31. The van der Waals surface area contributed by atoms with Gasteiger partial charge >= 0.3 is 0 Å². The Hall–Kier alpha value is -1.26. The molecule has 2 rings (SSSR count). The van der Waals surface area contributed by atoms with E-state index in [1.807, 2.05) is 18.2 Å². The molecule has 0 saturated carbocycles. The fraction of sp³-hybridized carbons (Fsp3) is 0.300. The summed E-state index contributed by atoms with van der Waals surface area (Å²) in [5.41, 5.74) is 2.32. The van der Waals surface area contributed by atoms with Crippen LogP contribution in [0.5, 0.6) is 0 Å². The van der Waals surface area contributed by atoms with Gasteiger partial charge in [0.2, 0.25) is 0 Å². The zero-order valence-electron chi connectivity index (χ0n) is 7.98. The summed E-state index contributed by atoms with van der Waals surface area (Å²) in [6.07, 6.45) is 0.835. The topological polar surface area (TPSA) is 58.3 Å². The van der Waals surface area contributed by atoms with Crippen LogP contribution >= 0.6 is 11.6 Å². The molecule has 1 atom stereocenters. The van der Waals surface area contributed by atoms with E-state index in [9.17, 15) is 5.11 Å². The first-order valence-corrected chi connectivity index (χ1v) is 5.15. The number of oxazole rings is 1. The van der Waals surface area contributed by atoms with Gasteiger partial charge in [0.1, 0.15) is 5.52 Å². The number of fused-ring (bicyclic) bond motifs is 1. The molecule has 0 bridgehead atoms. The molecule has 1 unspecified atom stereocenters. The lowest BCUT2D eigenvalue weighted by molar-refractivity contribution is 0.211. The molecule has 2 aromatic rings. The SMILES string of the molecule is OC(CCl)CNc1cccc2ocnc12. The standard InChI is InChI=1S/C10H11ClN2O2/c11-4-7(14)5-12-8-2-1-3-9-10(8)13-6-15-9/h1-3,6-7,12,14H,4-5H2. The summed E-state index contributed by atoms with van der Waals surface area (Å²) in [6.45, 7) is 0.398. The Morgan fingerprint density at radius 3 is 3.20 bits per heavy atom. The van der Waals surface area contributed by atoms with Crippen molar-refractivity contribution in [3.05, 3.63) is 24.6 Å². The lowest BCUT2D eigenvalue weighted by Crippen LogP contribution is -2.20. The van der Waals surface area contributed by atoms with Crippen molar-refractivity contribution in [2.24, 2.45) is 0 Å². The summed E-state index contributed by atoms with van der Waals surface area (Å²) in [5, 5.41) is 12.4. The van der Waals surface area contributed by atoms with E-state index >= 15 is 0 Å². The number of hydrogen-bond donors (Lipinski definition) is 2. The van der Waals surface area contributed by atoms with Crippen molar-refractivity contribution < 1.29 is 9.52 Å². The van der Waals surface area contributed by atoms with Crippen LogP contribution in [0.25, 0.3) is 11.1 Å². The summed E-state index contributed by atoms with van der Waals surface area (Å²) in [4.78, 5) is 4.08. The first-order valence-electron chi connectivity index (χ1n) is 4.61. The van der Waals surface area contributed by atoms with Crippen LogP contribution < -0.4 is 5.32 Å². The van der Waals surface area contributed by atoms with Crippen LogP contribution in [0.1, 0.15) is 0 Å². The average Bonchev–Trinajstić information content (AvgIpc) is 2.74. The summed E-state index contributed by atoms with van der Waals surface area (Å²) in [7, 11) is 0. The summed E-state index contributed by atoms with van der Waals surface area (Å²) in [6, 6.07) is 5.58. The molecule has 80 valence electrons. The largest absolute Gasteiger partial charge is 0.443 e. The van der Waals surface area contributed by atoms with E-state index in [0.717, 1.165) is 16.8 Å². The van der Waals surface area contributed by atoms with Crippen LogP contribution in [0, 0.1) is 0 Å². The molecule has 2 N–H and O–H groups in total. The Bertz CT molecular complexity index is 444. The van der Waals surface area contributed by atoms with Gasteiger partial charge in [-0.1, -0.05) is 6.07 Å². The molecule has 4 nitrogen and oxygen atoms in total. The number of nitrogens with one attached hydrogen (secondary N) is 1. The van der Waals surface area contributed by atoms with Crippen LogP contribution in [0.2, 0.25) is 0 Å². The Kier molecular flexibility index (Phi) is 3.08. The van der Waals surface area contributed by atoms with Crippen molar-refractivity contribution in [3.8, 4) is 0 Å². The highest BCUT2D eigenvalue weighted by atomic mass is 35.5. The fourth-order valence-corrected chi connectivity index (χ4v) is 1.42. The quantitative estimate of drug-likeness (QED) is 0.781. The highest BCUT2D eigenvalue weighted by Gasteiger charge is 2.06. The minimum atomic E-state index is -0.561. The van der Waals surface area contributed by atoms with Crippen LogP contribution in [-0.2, 0) is 0 Å². The highest BCUT2D eigenvalue weighted by molar-refractivity contribution is 6.18. The lowest BCUT2D eigenvalue weighted by Gasteiger charge is -2.09. The molecule has 1 heterocycles. The molecule has 0 amide bonds. The molecule has 1 aromatic carbocycles. The molecule has 1 aromatic heterocycles. The maximum Gasteiger partial charge on any atom is 0.182 e. The molecule has 0 fully saturated rings. The van der Waals surface area contributed by atoms with Crippen molar-refractivity contribution in [1.29, 1.82) is 0 Å². The van der Waals surface area contributed by atoms with E-state index in [4.69, 9.17) is 16.0 Å². The maximum atomic E-state index is 9.30. The third-order valence-electron chi connectivity index (χ3n) is 2.07. The summed E-state index contributed by atoms with van der Waals surface area (Å²) < 4.78 is 5.15. The molecule has 0 radical (unpaired) electrons. The second-order valence-electron chi connectivity index (χ2n) is 3.19. The zero-order valence-corrected chi connectivity index (χ0v) is 8.74. The van der Waals surface area contributed by atoms with Crippen LogP contribution in [-0.4, -0.2) is 28.6 Å². The van der Waals surface area contributed by atoms with Gasteiger partial charge in [0.25, 0.3) is 0 Å². The molecule has 15 heavy (non-hydrogen) atoms. The number of aromatic nitrogens is 1. The number of aliphatic hydroxyl groups is 1. The molecule has 0 aliphatic carbocycles. The summed E-state index contributed by atoms with van der Waals surface area (Å²) in [5.74, 6) is 0.210. The third kappa shape index (κ3) is 2.22. The van der Waals surface area contributed by atoms with Crippen molar-refractivity contribution in [2.45, 2.75) is 6.10 Å². The van der Waals surface area contributed by atoms with Crippen molar-refractivity contribution in [2.75, 3.05) is 17.7 Å². The molecule has 0 aliphatic rings. The van der Waals surface area contributed by atoms with E-state index in [2.05, 4.69) is 10.3 Å². The van der Waals surface area contributed by atoms with Gasteiger partial charge in [-0.25, -0.2) is 4.98 Å². The van der Waals surface area contributed by atoms with Gasteiger partial charge in [0.05, 0.1) is 17.7 Å². The minimum absolute atomic E-state index is 0.210. The Morgan fingerprint density at radius 1 is 1.53 bits per heavy atom. The normalized spacial score (nSPS) is 12.9. The van der Waals surface area contributed by atoms with Crippen LogP contribution in [0.3, 0.4) is 0 Å². The van der Waals surface area contributed by atoms with E-state index in [1.165, 1.54) is 6.39 Å². The smallest absolute Gasteiger partial charge is 0.182 e. The molecule has 0 saturated heterocycles. The number of rotatable bonds is 4. The van der Waals surface area contributed by atoms with Gasteiger partial charge in [-0.15, -0.1) is 11.6 Å². The number of benzene rings is 1. The number of para-hydroxylation sites is 1. The van der Waals surface area contributed by atoms with Gasteiger partial charge in [-0.2, -0.15) is 0 Å². The van der Waals surface area contributed by atoms with E-state index in [-0.39, 0.29) is 5.88 Å². The number of halogens is 1. The van der Waals surface area contributed by atoms with Crippen molar-refractivity contribution in [1.82, 2.24) is 4.98 Å². The first kappa shape index (κ1) is 10.3. The minimum Gasteiger partial charge on any atom is -0.443 e. The molecule has 0 aliphatic heterocycles. The number of aliphatic hydroxyl groups excluding tert-OH is 1. The van der Waals surface area contributed by atoms with Gasteiger partial charge in [-0.05, 0) is 12.1 Å². The second kappa shape index (κ2) is 4.51. The van der Waals surface area contributed by atoms with Crippen LogP contribution in [0.15, 0.2) is 29.0 Å². The predicted molar refractivity (Wildman–Crippen MR) is 59.2 cm³/mol. The molecule has 0 spiro atoms. The second-order valence-corrected chi connectivity index (χ2v) is 3.50. The zero-order chi connectivity index (χ0) is 10.7. The molecule has 5 heteroatoms. The monoisotopic (exact) mass is 226 g/mol. The van der Waals surface area contributed by atoms with Crippen molar-refractivity contribution >= 4 is 28.4 Å². The number of nitrogens with zero attached hydrogens (tertiary/aromatic N) is 1. The van der Waals surface area contributed by atoms with Gasteiger partial charge in [0.15, 0.2) is 12.0 Å². The number of hydrogen-bond acceptors (Lipinski definition) is 4. The molecular formula is C10H11ClN2O2. The van der Waals surface area contributed by atoms with Crippen LogP contribution in [0.4, 0.5) is 5.69 Å².